The van der Waals surface area contributed by atoms with E-state index in [0.717, 1.165) is 41.9 Å². The van der Waals surface area contributed by atoms with Crippen molar-refractivity contribution in [2.45, 2.75) is 38.6 Å². The highest BCUT2D eigenvalue weighted by Gasteiger charge is 2.38. The van der Waals surface area contributed by atoms with Crippen LogP contribution in [0.1, 0.15) is 31.4 Å². The largest absolute Gasteiger partial charge is 0.474 e. The minimum absolute atomic E-state index is 0.0739. The van der Waals surface area contributed by atoms with Gasteiger partial charge in [-0.15, -0.1) is 0 Å². The van der Waals surface area contributed by atoms with Gasteiger partial charge in [0.2, 0.25) is 23.6 Å². The number of rotatable bonds is 4. The number of aromatic nitrogens is 3. The molecule has 3 aromatic rings. The molecule has 2 aromatic heterocycles. The van der Waals surface area contributed by atoms with Crippen LogP contribution < -0.4 is 19.9 Å². The normalized spacial score (nSPS) is 19.1. The van der Waals surface area contributed by atoms with Crippen LogP contribution in [0.15, 0.2) is 42.7 Å². The Morgan fingerprint density at radius 2 is 1.91 bits per heavy atom. The number of carbonyl (C=O) groups is 2. The zero-order chi connectivity index (χ0) is 23.2. The third-order valence-electron chi connectivity index (χ3n) is 6.63. The fourth-order valence-electron chi connectivity index (χ4n) is 4.88. The van der Waals surface area contributed by atoms with Crippen molar-refractivity contribution in [3.05, 3.63) is 48.4 Å². The predicted molar refractivity (Wildman–Crippen MR) is 127 cm³/mol. The van der Waals surface area contributed by atoms with Crippen molar-refractivity contribution in [3.8, 4) is 17.0 Å². The van der Waals surface area contributed by atoms with Crippen LogP contribution in [0.2, 0.25) is 0 Å². The van der Waals surface area contributed by atoms with E-state index in [1.54, 1.807) is 17.3 Å². The molecule has 34 heavy (non-hydrogen) atoms. The molecule has 172 valence electrons. The highest BCUT2D eigenvalue weighted by Crippen LogP contribution is 2.39. The molecule has 2 saturated heterocycles. The zero-order valence-electron chi connectivity index (χ0n) is 18.8. The van der Waals surface area contributed by atoms with E-state index in [2.05, 4.69) is 20.3 Å². The molecule has 0 unspecified atom stereocenters. The van der Waals surface area contributed by atoms with Gasteiger partial charge in [-0.2, -0.15) is 0 Å². The molecule has 0 spiro atoms. The zero-order valence-corrected chi connectivity index (χ0v) is 18.8. The second-order valence-corrected chi connectivity index (χ2v) is 8.83. The number of benzene rings is 1. The van der Waals surface area contributed by atoms with Crippen molar-refractivity contribution in [2.24, 2.45) is 0 Å². The molecule has 9 nitrogen and oxygen atoms in total. The Morgan fingerprint density at radius 1 is 1.06 bits per heavy atom. The van der Waals surface area contributed by atoms with Crippen LogP contribution in [0, 0.1) is 6.92 Å². The second-order valence-electron chi connectivity index (χ2n) is 8.83. The molecule has 1 atom stereocenters. The number of amides is 2. The van der Waals surface area contributed by atoms with Crippen LogP contribution in [0.4, 0.5) is 23.0 Å². The molecule has 2 amide bonds. The van der Waals surface area contributed by atoms with Gasteiger partial charge in [-0.1, -0.05) is 12.1 Å². The van der Waals surface area contributed by atoms with Gasteiger partial charge in [0.05, 0.1) is 23.6 Å². The SMILES string of the molecule is Cc1nc(Nc2cnc3c(c2)N2C(=O)CC[C@H]2CO3)ncc1-c1ccc(N2CCCC2=O)cc1. The Hall–Kier alpha value is -4.01. The predicted octanol–water partition coefficient (Wildman–Crippen LogP) is 3.61. The maximum atomic E-state index is 12.3. The minimum Gasteiger partial charge on any atom is -0.474 e. The summed E-state index contributed by atoms with van der Waals surface area (Å²) >= 11 is 0. The van der Waals surface area contributed by atoms with Crippen molar-refractivity contribution in [1.29, 1.82) is 0 Å². The number of anilines is 4. The van der Waals surface area contributed by atoms with E-state index in [-0.39, 0.29) is 17.9 Å². The first kappa shape index (κ1) is 20.6. The van der Waals surface area contributed by atoms with Crippen LogP contribution in [-0.2, 0) is 9.59 Å². The Kier molecular flexibility index (Phi) is 4.90. The fourth-order valence-corrected chi connectivity index (χ4v) is 4.88. The first-order chi connectivity index (χ1) is 16.6. The average Bonchev–Trinajstić information content (AvgIpc) is 3.45. The fraction of sp³-hybridized carbons (Fsp3) is 0.320. The first-order valence-electron chi connectivity index (χ1n) is 11.5. The standard InChI is InChI=1S/C25H24N6O3/c1-15-20(16-4-6-18(7-5-16)30-10-2-3-22(30)32)13-27-25(28-15)29-17-11-21-24(26-12-17)34-14-19-8-9-23(33)31(19)21/h4-7,11-13,19H,2-3,8-10,14H2,1H3,(H,27,28,29)/t19-/m0/s1. The molecule has 0 radical (unpaired) electrons. The number of carbonyl (C=O) groups excluding carboxylic acids is 2. The summed E-state index contributed by atoms with van der Waals surface area (Å²) in [6.07, 6.45) is 6.30. The quantitative estimate of drug-likeness (QED) is 0.640. The van der Waals surface area contributed by atoms with Gasteiger partial charge in [-0.25, -0.2) is 15.0 Å². The van der Waals surface area contributed by atoms with Crippen LogP contribution in [-0.4, -0.2) is 46.0 Å². The van der Waals surface area contributed by atoms with E-state index in [9.17, 15) is 9.59 Å². The maximum absolute atomic E-state index is 12.3. The molecule has 1 aromatic carbocycles. The third kappa shape index (κ3) is 3.53. The van der Waals surface area contributed by atoms with E-state index in [1.807, 2.05) is 42.2 Å². The number of aryl methyl sites for hydroxylation is 1. The lowest BCUT2D eigenvalue weighted by Gasteiger charge is -2.31. The number of hydrogen-bond donors (Lipinski definition) is 1. The molecular formula is C25H24N6O3. The van der Waals surface area contributed by atoms with E-state index in [4.69, 9.17) is 4.74 Å². The van der Waals surface area contributed by atoms with E-state index in [0.29, 0.717) is 42.7 Å². The Morgan fingerprint density at radius 3 is 2.68 bits per heavy atom. The lowest BCUT2D eigenvalue weighted by Crippen LogP contribution is -2.40. The third-order valence-corrected chi connectivity index (χ3v) is 6.63. The highest BCUT2D eigenvalue weighted by atomic mass is 16.5. The molecule has 5 heterocycles. The first-order valence-corrected chi connectivity index (χ1v) is 11.5. The number of nitrogens with one attached hydrogen (secondary N) is 1. The van der Waals surface area contributed by atoms with Gasteiger partial charge in [0.25, 0.3) is 0 Å². The molecule has 6 rings (SSSR count). The van der Waals surface area contributed by atoms with Gasteiger partial charge < -0.3 is 19.9 Å². The smallest absolute Gasteiger partial charge is 0.238 e. The maximum Gasteiger partial charge on any atom is 0.238 e. The van der Waals surface area contributed by atoms with Crippen LogP contribution in [0.5, 0.6) is 5.88 Å². The number of hydrogen-bond acceptors (Lipinski definition) is 7. The van der Waals surface area contributed by atoms with Gasteiger partial charge in [0.15, 0.2) is 0 Å². The molecule has 0 saturated carbocycles. The molecule has 3 aliphatic heterocycles. The van der Waals surface area contributed by atoms with Crippen molar-refractivity contribution in [1.82, 2.24) is 15.0 Å². The lowest BCUT2D eigenvalue weighted by molar-refractivity contribution is -0.118. The molecular weight excluding hydrogens is 432 g/mol. The Bertz CT molecular complexity index is 1290. The van der Waals surface area contributed by atoms with Gasteiger partial charge in [-0.3, -0.25) is 9.59 Å². The highest BCUT2D eigenvalue weighted by molar-refractivity contribution is 5.98. The van der Waals surface area contributed by atoms with E-state index >= 15 is 0 Å². The van der Waals surface area contributed by atoms with E-state index in [1.165, 1.54) is 0 Å². The molecule has 0 bridgehead atoms. The Labute approximate surface area is 196 Å². The molecule has 2 fully saturated rings. The molecule has 3 aliphatic rings. The monoisotopic (exact) mass is 456 g/mol. The van der Waals surface area contributed by atoms with Crippen LogP contribution in [0.25, 0.3) is 11.1 Å². The summed E-state index contributed by atoms with van der Waals surface area (Å²) < 4.78 is 5.74. The number of nitrogens with zero attached hydrogens (tertiary/aromatic N) is 5. The molecule has 1 N–H and O–H groups in total. The van der Waals surface area contributed by atoms with Crippen molar-refractivity contribution < 1.29 is 14.3 Å². The summed E-state index contributed by atoms with van der Waals surface area (Å²) in [7, 11) is 0. The second kappa shape index (κ2) is 8.09. The lowest BCUT2D eigenvalue weighted by atomic mass is 10.1. The van der Waals surface area contributed by atoms with Gasteiger partial charge in [-0.05, 0) is 43.5 Å². The summed E-state index contributed by atoms with van der Waals surface area (Å²) in [5.74, 6) is 1.20. The molecule has 9 heteroatoms. The van der Waals surface area contributed by atoms with Crippen molar-refractivity contribution in [3.63, 3.8) is 0 Å². The topological polar surface area (TPSA) is 101 Å². The van der Waals surface area contributed by atoms with Gasteiger partial charge >= 0.3 is 0 Å². The summed E-state index contributed by atoms with van der Waals surface area (Å²) in [6.45, 7) is 3.20. The summed E-state index contributed by atoms with van der Waals surface area (Å²) in [5, 5.41) is 3.20. The summed E-state index contributed by atoms with van der Waals surface area (Å²) in [4.78, 5) is 41.5. The number of fused-ring (bicyclic) bond motifs is 3. The van der Waals surface area contributed by atoms with Gasteiger partial charge in [0, 0.05) is 36.8 Å². The van der Waals surface area contributed by atoms with Crippen LogP contribution >= 0.6 is 0 Å². The van der Waals surface area contributed by atoms with Crippen LogP contribution in [0.3, 0.4) is 0 Å². The minimum atomic E-state index is 0.0739. The molecule has 0 aliphatic carbocycles. The van der Waals surface area contributed by atoms with Crippen molar-refractivity contribution >= 4 is 34.8 Å². The average molecular weight is 457 g/mol. The number of pyridine rings is 1. The van der Waals surface area contributed by atoms with E-state index < -0.39 is 0 Å². The van der Waals surface area contributed by atoms with Gasteiger partial charge in [0.1, 0.15) is 12.3 Å². The van der Waals surface area contributed by atoms with Crippen molar-refractivity contribution in [2.75, 3.05) is 28.3 Å². The summed E-state index contributed by atoms with van der Waals surface area (Å²) in [6, 6.07) is 9.87. The summed E-state index contributed by atoms with van der Waals surface area (Å²) in [5.41, 5.74) is 5.04. The number of ether oxygens (including phenoxy) is 1. The Balaban J connectivity index is 1.22.